The number of carbonyl (C=O) groups is 2. The third-order valence-corrected chi connectivity index (χ3v) is 5.32. The van der Waals surface area contributed by atoms with Gasteiger partial charge < -0.3 is 9.80 Å². The maximum Gasteiger partial charge on any atom is 0.282 e. The number of hydrogen-bond acceptors (Lipinski definition) is 3. The topological polar surface area (TPSA) is 49.4 Å². The van der Waals surface area contributed by atoms with Gasteiger partial charge in [0.1, 0.15) is 0 Å². The maximum absolute atomic E-state index is 12.6. The zero-order chi connectivity index (χ0) is 15.7. The van der Waals surface area contributed by atoms with Crippen LogP contribution in [0.1, 0.15) is 24.2 Å². The Kier molecular flexibility index (Phi) is 4.02. The van der Waals surface area contributed by atoms with Crippen molar-refractivity contribution in [2.24, 2.45) is 0 Å². The summed E-state index contributed by atoms with van der Waals surface area (Å²) in [4.78, 5) is 26.6. The molecule has 3 saturated heterocycles. The summed E-state index contributed by atoms with van der Waals surface area (Å²) in [5, 5.41) is 2.99. The Bertz CT molecular complexity index is 578. The quantitative estimate of drug-likeness (QED) is 0.675. The highest BCUT2D eigenvalue weighted by Gasteiger charge is 2.45. The number of carbonyl (C=O) groups excluding carboxylic acids is 2. The highest BCUT2D eigenvalue weighted by Crippen LogP contribution is 2.24. The van der Waals surface area contributed by atoms with E-state index in [-0.39, 0.29) is 17.7 Å². The molecule has 3 aliphatic rings. The summed E-state index contributed by atoms with van der Waals surface area (Å²) in [6.45, 7) is 10.0. The molecule has 0 aromatic heterocycles. The predicted molar refractivity (Wildman–Crippen MR) is 85.8 cm³/mol. The molecule has 0 radical (unpaired) electrons. The summed E-state index contributed by atoms with van der Waals surface area (Å²) in [6.07, 6.45) is 0. The van der Waals surface area contributed by atoms with Gasteiger partial charge >= 0.3 is 0 Å². The average Bonchev–Trinajstić information content (AvgIpc) is 2.56. The molecule has 1 amide bonds. The highest BCUT2D eigenvalue weighted by atomic mass is 16.2. The second kappa shape index (κ2) is 5.82. The van der Waals surface area contributed by atoms with Gasteiger partial charge in [-0.3, -0.25) is 14.5 Å². The van der Waals surface area contributed by atoms with Crippen LogP contribution in [-0.2, 0) is 4.79 Å². The van der Waals surface area contributed by atoms with Crippen molar-refractivity contribution in [3.63, 3.8) is 0 Å². The smallest absolute Gasteiger partial charge is 0.282 e. The molecule has 5 nitrogen and oxygen atoms in total. The number of quaternary nitrogens is 1. The zero-order valence-electron chi connectivity index (χ0n) is 13.3. The number of ketones is 1. The Labute approximate surface area is 131 Å². The van der Waals surface area contributed by atoms with E-state index in [2.05, 4.69) is 10.2 Å². The van der Waals surface area contributed by atoms with Gasteiger partial charge in [0.15, 0.2) is 11.8 Å². The average molecular weight is 302 g/mol. The van der Waals surface area contributed by atoms with Gasteiger partial charge in [0.05, 0.1) is 19.6 Å². The van der Waals surface area contributed by atoms with E-state index < -0.39 is 0 Å². The minimum atomic E-state index is -0.0524. The fourth-order valence-corrected chi connectivity index (χ4v) is 3.58. The molecule has 1 aromatic carbocycles. The normalized spacial score (nSPS) is 28.2. The van der Waals surface area contributed by atoms with Crippen LogP contribution in [0.3, 0.4) is 0 Å². The van der Waals surface area contributed by atoms with Crippen molar-refractivity contribution in [1.29, 1.82) is 0 Å². The van der Waals surface area contributed by atoms with E-state index in [1.807, 2.05) is 19.1 Å². The number of Topliss-reactive ketones (excluding diaryl/α,β-unsaturated/α-hetero) is 1. The van der Waals surface area contributed by atoms with Gasteiger partial charge in [-0.05, 0) is 26.0 Å². The number of nitrogens with one attached hydrogen (secondary N) is 1. The van der Waals surface area contributed by atoms with E-state index in [4.69, 9.17) is 0 Å². The van der Waals surface area contributed by atoms with Crippen molar-refractivity contribution in [2.45, 2.75) is 19.9 Å². The fourth-order valence-electron chi connectivity index (χ4n) is 3.58. The third kappa shape index (κ3) is 2.78. The number of amides is 1. The standard InChI is InChI=1S/C17H23N3O2/c1-13(20-9-6-19(7-10-20)8-11-20)17(22)18-16-5-3-4-15(12-16)14(2)21/h3-5,12-13H,6-11H2,1-2H3/p+1/t13-/m0/s1. The van der Waals surface area contributed by atoms with Crippen LogP contribution >= 0.6 is 0 Å². The van der Waals surface area contributed by atoms with Gasteiger partial charge in [0.25, 0.3) is 5.91 Å². The summed E-state index contributed by atoms with van der Waals surface area (Å²) in [6, 6.07) is 7.12. The number of fused-ring (bicyclic) bond motifs is 3. The first kappa shape index (κ1) is 15.2. The van der Waals surface area contributed by atoms with Crippen LogP contribution in [0.25, 0.3) is 0 Å². The molecule has 0 unspecified atom stereocenters. The molecule has 1 N–H and O–H groups in total. The zero-order valence-corrected chi connectivity index (χ0v) is 13.3. The van der Waals surface area contributed by atoms with Gasteiger partial charge in [-0.25, -0.2) is 0 Å². The lowest BCUT2D eigenvalue weighted by atomic mass is 10.1. The first-order valence-corrected chi connectivity index (χ1v) is 8.00. The van der Waals surface area contributed by atoms with Crippen molar-refractivity contribution in [3.05, 3.63) is 29.8 Å². The SMILES string of the molecule is CC(=O)c1cccc(NC(=O)[C@H](C)[N+]23CCN(CC2)CC3)c1. The molecule has 1 atom stereocenters. The van der Waals surface area contributed by atoms with E-state index in [1.165, 1.54) is 6.92 Å². The van der Waals surface area contributed by atoms with Gasteiger partial charge in [-0.1, -0.05) is 12.1 Å². The van der Waals surface area contributed by atoms with Gasteiger partial charge in [0, 0.05) is 30.9 Å². The molecular weight excluding hydrogens is 278 g/mol. The molecule has 1 aromatic rings. The molecule has 0 aliphatic carbocycles. The maximum atomic E-state index is 12.6. The molecule has 2 bridgehead atoms. The van der Waals surface area contributed by atoms with Crippen LogP contribution in [-0.4, -0.2) is 66.4 Å². The summed E-state index contributed by atoms with van der Waals surface area (Å²) in [5.41, 5.74) is 1.34. The predicted octanol–water partition coefficient (Wildman–Crippen LogP) is 1.36. The third-order valence-electron chi connectivity index (χ3n) is 5.32. The molecule has 5 heteroatoms. The fraction of sp³-hybridized carbons (Fsp3) is 0.529. The first-order valence-electron chi connectivity index (χ1n) is 8.00. The second-order valence-corrected chi connectivity index (χ2v) is 6.53. The molecular formula is C17H24N3O2+. The van der Waals surface area contributed by atoms with Gasteiger partial charge in [-0.2, -0.15) is 0 Å². The Hall–Kier alpha value is -1.72. The molecule has 0 saturated carbocycles. The van der Waals surface area contributed by atoms with Crippen LogP contribution in [0.5, 0.6) is 0 Å². The van der Waals surface area contributed by atoms with Gasteiger partial charge in [0.2, 0.25) is 0 Å². The van der Waals surface area contributed by atoms with Crippen molar-refractivity contribution in [1.82, 2.24) is 4.90 Å². The Balaban J connectivity index is 1.71. The summed E-state index contributed by atoms with van der Waals surface area (Å²) in [7, 11) is 0. The number of hydrogen-bond donors (Lipinski definition) is 1. The number of anilines is 1. The molecule has 22 heavy (non-hydrogen) atoms. The van der Waals surface area contributed by atoms with E-state index in [1.54, 1.807) is 12.1 Å². The number of nitrogens with zero attached hydrogens (tertiary/aromatic N) is 2. The van der Waals surface area contributed by atoms with Crippen molar-refractivity contribution < 1.29 is 14.1 Å². The summed E-state index contributed by atoms with van der Waals surface area (Å²) in [5.74, 6) is 0.0641. The summed E-state index contributed by atoms with van der Waals surface area (Å²) < 4.78 is 0.898. The lowest BCUT2D eigenvalue weighted by molar-refractivity contribution is -0.953. The Morgan fingerprint density at radius 2 is 1.82 bits per heavy atom. The lowest BCUT2D eigenvalue weighted by Gasteiger charge is -2.52. The second-order valence-electron chi connectivity index (χ2n) is 6.53. The van der Waals surface area contributed by atoms with Crippen LogP contribution in [0.2, 0.25) is 0 Å². The van der Waals surface area contributed by atoms with E-state index >= 15 is 0 Å². The molecule has 4 rings (SSSR count). The molecule has 3 heterocycles. The largest absolute Gasteiger partial charge is 0.321 e. The molecule has 0 spiro atoms. The van der Waals surface area contributed by atoms with E-state index in [0.29, 0.717) is 11.3 Å². The number of rotatable bonds is 4. The lowest BCUT2D eigenvalue weighted by Crippen LogP contribution is -2.72. The van der Waals surface area contributed by atoms with Crippen LogP contribution in [0.4, 0.5) is 5.69 Å². The minimum Gasteiger partial charge on any atom is -0.321 e. The number of piperazine rings is 3. The van der Waals surface area contributed by atoms with E-state index in [0.717, 1.165) is 43.8 Å². The van der Waals surface area contributed by atoms with Crippen molar-refractivity contribution in [3.8, 4) is 0 Å². The molecule has 3 aliphatic heterocycles. The summed E-state index contributed by atoms with van der Waals surface area (Å²) >= 11 is 0. The van der Waals surface area contributed by atoms with E-state index in [9.17, 15) is 9.59 Å². The Morgan fingerprint density at radius 1 is 1.18 bits per heavy atom. The first-order chi connectivity index (χ1) is 10.5. The van der Waals surface area contributed by atoms with Crippen molar-refractivity contribution in [2.75, 3.05) is 44.6 Å². The van der Waals surface area contributed by atoms with Crippen LogP contribution in [0, 0.1) is 0 Å². The monoisotopic (exact) mass is 302 g/mol. The molecule has 3 fully saturated rings. The van der Waals surface area contributed by atoms with Crippen LogP contribution in [0.15, 0.2) is 24.3 Å². The van der Waals surface area contributed by atoms with Gasteiger partial charge in [-0.15, -0.1) is 0 Å². The molecule has 118 valence electrons. The van der Waals surface area contributed by atoms with Crippen LogP contribution < -0.4 is 5.32 Å². The Morgan fingerprint density at radius 3 is 2.41 bits per heavy atom. The number of benzene rings is 1. The minimum absolute atomic E-state index is 0.0122. The van der Waals surface area contributed by atoms with Crippen molar-refractivity contribution >= 4 is 17.4 Å². The highest BCUT2D eigenvalue weighted by molar-refractivity contribution is 5.98.